The fourth-order valence-corrected chi connectivity index (χ4v) is 1.83. The predicted molar refractivity (Wildman–Crippen MR) is 70.3 cm³/mol. The molecule has 17 heavy (non-hydrogen) atoms. The number of halogens is 1. The van der Waals surface area contributed by atoms with Gasteiger partial charge in [-0.25, -0.2) is 4.98 Å². The summed E-state index contributed by atoms with van der Waals surface area (Å²) in [6.07, 6.45) is 3.21. The number of rotatable bonds is 6. The summed E-state index contributed by atoms with van der Waals surface area (Å²) in [7, 11) is 1.55. The molecule has 2 N–H and O–H groups in total. The Labute approximate surface area is 110 Å². The molecule has 5 nitrogen and oxygen atoms in total. The zero-order valence-corrected chi connectivity index (χ0v) is 11.9. The van der Waals surface area contributed by atoms with Gasteiger partial charge in [0.2, 0.25) is 11.8 Å². The van der Waals surface area contributed by atoms with Crippen LogP contribution in [0.4, 0.5) is 5.95 Å². The van der Waals surface area contributed by atoms with E-state index >= 15 is 0 Å². The zero-order valence-electron chi connectivity index (χ0n) is 10.3. The first-order valence-corrected chi connectivity index (χ1v) is 6.35. The Hall–Kier alpha value is -0.880. The van der Waals surface area contributed by atoms with Gasteiger partial charge in [-0.1, -0.05) is 13.8 Å². The number of aliphatic hydroxyl groups excluding tert-OH is 1. The number of anilines is 1. The second-order valence-corrected chi connectivity index (χ2v) is 4.68. The Balaban J connectivity index is 2.94. The number of nitrogens with zero attached hydrogens (tertiary/aromatic N) is 2. The number of hydrogen-bond acceptors (Lipinski definition) is 5. The molecule has 0 atom stereocenters. The SMILES string of the molecule is CCC(CC)(CO)Nc1ncc(Br)c(OC)n1. The van der Waals surface area contributed by atoms with Gasteiger partial charge in [0.05, 0.1) is 29.9 Å². The third-order valence-corrected chi connectivity index (χ3v) is 3.48. The van der Waals surface area contributed by atoms with Crippen molar-refractivity contribution in [2.24, 2.45) is 0 Å². The summed E-state index contributed by atoms with van der Waals surface area (Å²) in [5.74, 6) is 0.935. The highest BCUT2D eigenvalue weighted by atomic mass is 79.9. The van der Waals surface area contributed by atoms with Gasteiger partial charge in [-0.2, -0.15) is 4.98 Å². The van der Waals surface area contributed by atoms with E-state index in [0.717, 1.165) is 12.8 Å². The first kappa shape index (κ1) is 14.2. The van der Waals surface area contributed by atoms with E-state index in [1.54, 1.807) is 13.3 Å². The van der Waals surface area contributed by atoms with Crippen LogP contribution in [0.3, 0.4) is 0 Å². The molecule has 0 fully saturated rings. The highest BCUT2D eigenvalue weighted by Gasteiger charge is 2.26. The van der Waals surface area contributed by atoms with Crippen molar-refractivity contribution in [3.8, 4) is 5.88 Å². The van der Waals surface area contributed by atoms with Crippen LogP contribution < -0.4 is 10.1 Å². The average Bonchev–Trinajstić information content (AvgIpc) is 2.38. The molecule has 1 aromatic rings. The van der Waals surface area contributed by atoms with Gasteiger partial charge in [-0.3, -0.25) is 0 Å². The Morgan fingerprint density at radius 2 is 2.12 bits per heavy atom. The predicted octanol–water partition coefficient (Wildman–Crippen LogP) is 2.21. The summed E-state index contributed by atoms with van der Waals surface area (Å²) in [5.41, 5.74) is -0.376. The van der Waals surface area contributed by atoms with Crippen LogP contribution in [-0.4, -0.2) is 34.3 Å². The Morgan fingerprint density at radius 1 is 1.47 bits per heavy atom. The molecule has 0 spiro atoms. The molecule has 0 aliphatic carbocycles. The average molecular weight is 304 g/mol. The third kappa shape index (κ3) is 3.29. The van der Waals surface area contributed by atoms with Crippen LogP contribution in [0, 0.1) is 0 Å². The van der Waals surface area contributed by atoms with Crippen LogP contribution in [0.1, 0.15) is 26.7 Å². The number of nitrogens with one attached hydrogen (secondary N) is 1. The second-order valence-electron chi connectivity index (χ2n) is 3.82. The van der Waals surface area contributed by atoms with Crippen molar-refractivity contribution in [2.75, 3.05) is 19.0 Å². The highest BCUT2D eigenvalue weighted by Crippen LogP contribution is 2.25. The first-order valence-electron chi connectivity index (χ1n) is 5.56. The van der Waals surface area contributed by atoms with E-state index in [4.69, 9.17) is 4.74 Å². The topological polar surface area (TPSA) is 67.3 Å². The number of aliphatic hydroxyl groups is 1. The van der Waals surface area contributed by atoms with Crippen molar-refractivity contribution in [3.63, 3.8) is 0 Å². The minimum absolute atomic E-state index is 0.0434. The molecule has 0 aliphatic heterocycles. The van der Waals surface area contributed by atoms with Gasteiger partial charge in [0.25, 0.3) is 0 Å². The van der Waals surface area contributed by atoms with Crippen molar-refractivity contribution < 1.29 is 9.84 Å². The van der Waals surface area contributed by atoms with E-state index in [2.05, 4.69) is 31.2 Å². The lowest BCUT2D eigenvalue weighted by Crippen LogP contribution is -2.41. The molecule has 0 bridgehead atoms. The smallest absolute Gasteiger partial charge is 0.232 e. The van der Waals surface area contributed by atoms with Crippen LogP contribution >= 0.6 is 15.9 Å². The molecule has 1 aromatic heterocycles. The minimum Gasteiger partial charge on any atom is -0.480 e. The van der Waals surface area contributed by atoms with Crippen LogP contribution in [0.5, 0.6) is 5.88 Å². The number of aromatic nitrogens is 2. The van der Waals surface area contributed by atoms with Crippen molar-refractivity contribution in [2.45, 2.75) is 32.2 Å². The van der Waals surface area contributed by atoms with Crippen molar-refractivity contribution in [1.29, 1.82) is 0 Å². The van der Waals surface area contributed by atoms with E-state index in [9.17, 15) is 5.11 Å². The lowest BCUT2D eigenvalue weighted by Gasteiger charge is -2.30. The summed E-state index contributed by atoms with van der Waals surface area (Å²) in [6.45, 7) is 4.08. The van der Waals surface area contributed by atoms with E-state index in [0.29, 0.717) is 16.3 Å². The zero-order chi connectivity index (χ0) is 12.9. The minimum atomic E-state index is -0.376. The number of hydrogen-bond donors (Lipinski definition) is 2. The molecule has 0 radical (unpaired) electrons. The van der Waals surface area contributed by atoms with Crippen molar-refractivity contribution in [3.05, 3.63) is 10.7 Å². The van der Waals surface area contributed by atoms with Crippen LogP contribution in [0.2, 0.25) is 0 Å². The van der Waals surface area contributed by atoms with E-state index in [1.165, 1.54) is 0 Å². The molecular formula is C11H18BrN3O2. The fourth-order valence-electron chi connectivity index (χ4n) is 1.48. The summed E-state index contributed by atoms with van der Waals surface area (Å²) < 4.78 is 5.80. The second kappa shape index (κ2) is 6.16. The lowest BCUT2D eigenvalue weighted by molar-refractivity contribution is 0.201. The number of methoxy groups -OCH3 is 1. The maximum absolute atomic E-state index is 9.46. The maximum atomic E-state index is 9.46. The Morgan fingerprint density at radius 3 is 2.59 bits per heavy atom. The largest absolute Gasteiger partial charge is 0.480 e. The standard InChI is InChI=1S/C11H18BrN3O2/c1-4-11(5-2,7-16)15-10-13-6-8(12)9(14-10)17-3/h6,16H,4-5,7H2,1-3H3,(H,13,14,15). The number of ether oxygens (including phenoxy) is 1. The van der Waals surface area contributed by atoms with Gasteiger partial charge in [0, 0.05) is 0 Å². The molecule has 0 aliphatic rings. The molecule has 0 saturated carbocycles. The van der Waals surface area contributed by atoms with Gasteiger partial charge in [-0.05, 0) is 28.8 Å². The van der Waals surface area contributed by atoms with Crippen molar-refractivity contribution >= 4 is 21.9 Å². The molecule has 96 valence electrons. The third-order valence-electron chi connectivity index (χ3n) is 2.94. The summed E-state index contributed by atoms with van der Waals surface area (Å²) in [5, 5.41) is 12.6. The molecule has 1 rings (SSSR count). The van der Waals surface area contributed by atoms with E-state index in [1.807, 2.05) is 13.8 Å². The normalized spacial score (nSPS) is 11.4. The Kier molecular flexibility index (Phi) is 5.14. The summed E-state index contributed by atoms with van der Waals surface area (Å²) >= 11 is 3.29. The molecule has 1 heterocycles. The molecule has 6 heteroatoms. The van der Waals surface area contributed by atoms with Crippen LogP contribution in [-0.2, 0) is 0 Å². The summed E-state index contributed by atoms with van der Waals surface area (Å²) in [4.78, 5) is 8.37. The Bertz CT molecular complexity index is 361. The van der Waals surface area contributed by atoms with Gasteiger partial charge in [0.15, 0.2) is 0 Å². The van der Waals surface area contributed by atoms with Crippen LogP contribution in [0.25, 0.3) is 0 Å². The summed E-state index contributed by atoms with van der Waals surface area (Å²) in [6, 6.07) is 0. The van der Waals surface area contributed by atoms with E-state index in [-0.39, 0.29) is 12.1 Å². The molecular weight excluding hydrogens is 286 g/mol. The monoisotopic (exact) mass is 303 g/mol. The first-order chi connectivity index (χ1) is 8.10. The van der Waals surface area contributed by atoms with Crippen molar-refractivity contribution in [1.82, 2.24) is 9.97 Å². The maximum Gasteiger partial charge on any atom is 0.232 e. The fraction of sp³-hybridized carbons (Fsp3) is 0.636. The van der Waals surface area contributed by atoms with Gasteiger partial charge in [-0.15, -0.1) is 0 Å². The van der Waals surface area contributed by atoms with Gasteiger partial charge < -0.3 is 15.2 Å². The molecule has 0 amide bonds. The van der Waals surface area contributed by atoms with Gasteiger partial charge >= 0.3 is 0 Å². The van der Waals surface area contributed by atoms with Gasteiger partial charge in [0.1, 0.15) is 0 Å². The molecule has 0 aromatic carbocycles. The lowest BCUT2D eigenvalue weighted by atomic mass is 9.94. The quantitative estimate of drug-likeness (QED) is 0.843. The van der Waals surface area contributed by atoms with E-state index < -0.39 is 0 Å². The van der Waals surface area contributed by atoms with Crippen LogP contribution in [0.15, 0.2) is 10.7 Å². The molecule has 0 unspecified atom stereocenters. The highest BCUT2D eigenvalue weighted by molar-refractivity contribution is 9.10. The molecule has 0 saturated heterocycles.